The first-order chi connectivity index (χ1) is 9.54. The average molecular weight is 290 g/mol. The van der Waals surface area contributed by atoms with Gasteiger partial charge < -0.3 is 5.73 Å². The van der Waals surface area contributed by atoms with Crippen LogP contribution >= 0.6 is 0 Å². The quantitative estimate of drug-likeness (QED) is 0.891. The number of nitrogen functional groups attached to an aromatic ring is 1. The molecule has 0 saturated heterocycles. The third kappa shape index (κ3) is 2.72. The Morgan fingerprint density at radius 3 is 2.60 bits per heavy atom. The maximum absolute atomic E-state index is 11.9. The lowest BCUT2D eigenvalue weighted by Gasteiger charge is -2.08. The standard InChI is InChI=1S/C13H14N4O2S/c14-13-7-6-12(15-16-13)9-2-1-3-10(8-9)17-20(18,19)11-4-5-11/h1-3,6-8,11,17H,4-5H2,(H2,14,16). The normalized spacial score (nSPS) is 15.0. The fourth-order valence-corrected chi connectivity index (χ4v) is 3.24. The van der Waals surface area contributed by atoms with Crippen LogP contribution in [0.5, 0.6) is 0 Å². The summed E-state index contributed by atoms with van der Waals surface area (Å²) < 4.78 is 26.4. The van der Waals surface area contributed by atoms with E-state index in [0.717, 1.165) is 18.4 Å². The molecule has 0 spiro atoms. The third-order valence-corrected chi connectivity index (χ3v) is 4.94. The maximum atomic E-state index is 11.9. The Labute approximate surface area is 117 Å². The van der Waals surface area contributed by atoms with E-state index in [9.17, 15) is 8.42 Å². The molecular weight excluding hydrogens is 276 g/mol. The highest BCUT2D eigenvalue weighted by Gasteiger charge is 2.35. The van der Waals surface area contributed by atoms with Crippen LogP contribution < -0.4 is 10.5 Å². The van der Waals surface area contributed by atoms with Gasteiger partial charge in [-0.2, -0.15) is 0 Å². The summed E-state index contributed by atoms with van der Waals surface area (Å²) in [5, 5.41) is 7.52. The van der Waals surface area contributed by atoms with Crippen LogP contribution in [0.1, 0.15) is 12.8 Å². The molecule has 1 aliphatic carbocycles. The van der Waals surface area contributed by atoms with E-state index in [1.165, 1.54) is 0 Å². The minimum Gasteiger partial charge on any atom is -0.382 e. The maximum Gasteiger partial charge on any atom is 0.235 e. The molecule has 0 radical (unpaired) electrons. The summed E-state index contributed by atoms with van der Waals surface area (Å²) in [6.07, 6.45) is 1.47. The molecule has 0 amide bonds. The monoisotopic (exact) mass is 290 g/mol. The molecule has 20 heavy (non-hydrogen) atoms. The molecule has 1 aromatic heterocycles. The Bertz CT molecular complexity index is 724. The number of nitrogens with one attached hydrogen (secondary N) is 1. The van der Waals surface area contributed by atoms with Crippen molar-refractivity contribution in [1.82, 2.24) is 10.2 Å². The zero-order valence-electron chi connectivity index (χ0n) is 10.7. The average Bonchev–Trinajstić information content (AvgIpc) is 3.24. The summed E-state index contributed by atoms with van der Waals surface area (Å²) in [5.74, 6) is 0.347. The van der Waals surface area contributed by atoms with Gasteiger partial charge in [-0.25, -0.2) is 8.42 Å². The highest BCUT2D eigenvalue weighted by molar-refractivity contribution is 7.93. The third-order valence-electron chi connectivity index (χ3n) is 3.07. The predicted octanol–water partition coefficient (Wildman–Crippen LogP) is 1.63. The van der Waals surface area contributed by atoms with Gasteiger partial charge in [0.25, 0.3) is 0 Å². The fraction of sp³-hybridized carbons (Fsp3) is 0.231. The van der Waals surface area contributed by atoms with Crippen molar-refractivity contribution in [2.45, 2.75) is 18.1 Å². The predicted molar refractivity (Wildman–Crippen MR) is 77.4 cm³/mol. The van der Waals surface area contributed by atoms with Crippen LogP contribution in [-0.4, -0.2) is 23.9 Å². The van der Waals surface area contributed by atoms with E-state index in [4.69, 9.17) is 5.73 Å². The van der Waals surface area contributed by atoms with Crippen molar-refractivity contribution in [1.29, 1.82) is 0 Å². The van der Waals surface area contributed by atoms with Crippen molar-refractivity contribution in [3.63, 3.8) is 0 Å². The molecule has 6 nitrogen and oxygen atoms in total. The molecule has 1 aromatic carbocycles. The van der Waals surface area contributed by atoms with E-state index in [-0.39, 0.29) is 5.25 Å². The summed E-state index contributed by atoms with van der Waals surface area (Å²) in [5.41, 5.74) is 7.46. The molecule has 0 unspecified atom stereocenters. The van der Waals surface area contributed by atoms with Crippen LogP contribution in [0.3, 0.4) is 0 Å². The van der Waals surface area contributed by atoms with Gasteiger partial charge in [-0.3, -0.25) is 4.72 Å². The molecule has 0 bridgehead atoms. The van der Waals surface area contributed by atoms with Crippen molar-refractivity contribution in [3.8, 4) is 11.3 Å². The second-order valence-electron chi connectivity index (χ2n) is 4.77. The van der Waals surface area contributed by atoms with E-state index < -0.39 is 10.0 Å². The molecule has 3 N–H and O–H groups in total. The summed E-state index contributed by atoms with van der Waals surface area (Å²) in [6, 6.07) is 10.5. The van der Waals surface area contributed by atoms with Gasteiger partial charge in [0.1, 0.15) is 5.82 Å². The van der Waals surface area contributed by atoms with E-state index >= 15 is 0 Å². The lowest BCUT2D eigenvalue weighted by Crippen LogP contribution is -2.17. The number of aromatic nitrogens is 2. The second kappa shape index (κ2) is 4.75. The Hall–Kier alpha value is -2.15. The zero-order valence-corrected chi connectivity index (χ0v) is 11.5. The number of anilines is 2. The highest BCUT2D eigenvalue weighted by atomic mass is 32.2. The lowest BCUT2D eigenvalue weighted by molar-refractivity contribution is 0.600. The van der Waals surface area contributed by atoms with Crippen LogP contribution in [0.25, 0.3) is 11.3 Å². The van der Waals surface area contributed by atoms with Gasteiger partial charge in [0.15, 0.2) is 0 Å². The first kappa shape index (κ1) is 12.9. The Balaban J connectivity index is 1.87. The molecule has 1 aliphatic rings. The van der Waals surface area contributed by atoms with Crippen LogP contribution in [-0.2, 0) is 10.0 Å². The first-order valence-corrected chi connectivity index (χ1v) is 7.80. The van der Waals surface area contributed by atoms with Crippen molar-refractivity contribution < 1.29 is 8.42 Å². The Morgan fingerprint density at radius 1 is 1.15 bits per heavy atom. The van der Waals surface area contributed by atoms with Gasteiger partial charge in [-0.15, -0.1) is 10.2 Å². The number of hydrogen-bond donors (Lipinski definition) is 2. The molecule has 2 aromatic rings. The second-order valence-corrected chi connectivity index (χ2v) is 6.73. The number of rotatable bonds is 4. The molecule has 1 saturated carbocycles. The van der Waals surface area contributed by atoms with Crippen LogP contribution in [0.4, 0.5) is 11.5 Å². The highest BCUT2D eigenvalue weighted by Crippen LogP contribution is 2.30. The number of nitrogens with zero attached hydrogens (tertiary/aromatic N) is 2. The smallest absolute Gasteiger partial charge is 0.235 e. The zero-order chi connectivity index (χ0) is 14.2. The van der Waals surface area contributed by atoms with E-state index in [1.54, 1.807) is 30.3 Å². The molecule has 104 valence electrons. The largest absolute Gasteiger partial charge is 0.382 e. The Morgan fingerprint density at radius 2 is 1.95 bits per heavy atom. The van der Waals surface area contributed by atoms with E-state index in [0.29, 0.717) is 17.2 Å². The van der Waals surface area contributed by atoms with Gasteiger partial charge in [0.2, 0.25) is 10.0 Å². The molecule has 0 atom stereocenters. The fourth-order valence-electron chi connectivity index (χ4n) is 1.86. The molecule has 1 heterocycles. The van der Waals surface area contributed by atoms with Crippen LogP contribution in [0.15, 0.2) is 36.4 Å². The van der Waals surface area contributed by atoms with Gasteiger partial charge in [0.05, 0.1) is 10.9 Å². The van der Waals surface area contributed by atoms with Crippen LogP contribution in [0.2, 0.25) is 0 Å². The summed E-state index contributed by atoms with van der Waals surface area (Å²) in [6.45, 7) is 0. The van der Waals surface area contributed by atoms with Gasteiger partial charge in [-0.1, -0.05) is 12.1 Å². The van der Waals surface area contributed by atoms with Crippen molar-refractivity contribution in [2.75, 3.05) is 10.5 Å². The number of benzene rings is 1. The van der Waals surface area contributed by atoms with Gasteiger partial charge in [0, 0.05) is 11.3 Å². The van der Waals surface area contributed by atoms with E-state index in [2.05, 4.69) is 14.9 Å². The minimum absolute atomic E-state index is 0.248. The molecule has 3 rings (SSSR count). The SMILES string of the molecule is Nc1ccc(-c2cccc(NS(=O)(=O)C3CC3)c2)nn1. The van der Waals surface area contributed by atoms with Crippen molar-refractivity contribution >= 4 is 21.5 Å². The van der Waals surface area contributed by atoms with Crippen molar-refractivity contribution in [2.24, 2.45) is 0 Å². The first-order valence-electron chi connectivity index (χ1n) is 6.26. The Kier molecular flexibility index (Phi) is 3.06. The summed E-state index contributed by atoms with van der Waals surface area (Å²) >= 11 is 0. The molecule has 7 heteroatoms. The minimum atomic E-state index is -3.25. The number of hydrogen-bond acceptors (Lipinski definition) is 5. The van der Waals surface area contributed by atoms with Crippen LogP contribution in [0, 0.1) is 0 Å². The van der Waals surface area contributed by atoms with Gasteiger partial charge >= 0.3 is 0 Å². The molecule has 0 aliphatic heterocycles. The lowest BCUT2D eigenvalue weighted by atomic mass is 10.1. The molecule has 1 fully saturated rings. The summed E-state index contributed by atoms with van der Waals surface area (Å²) in [7, 11) is -3.25. The summed E-state index contributed by atoms with van der Waals surface area (Å²) in [4.78, 5) is 0. The molecular formula is C13H14N4O2S. The number of sulfonamides is 1. The topological polar surface area (TPSA) is 98.0 Å². The van der Waals surface area contributed by atoms with E-state index in [1.807, 2.05) is 6.07 Å². The van der Waals surface area contributed by atoms with Crippen molar-refractivity contribution in [3.05, 3.63) is 36.4 Å². The number of nitrogens with two attached hydrogens (primary N) is 1. The van der Waals surface area contributed by atoms with Gasteiger partial charge in [-0.05, 0) is 37.1 Å².